The molecule has 1 unspecified atom stereocenters. The van der Waals surface area contributed by atoms with Gasteiger partial charge in [0, 0.05) is 4.57 Å². The second-order valence-corrected chi connectivity index (χ2v) is 2.36. The van der Waals surface area contributed by atoms with Crippen molar-refractivity contribution in [1.29, 1.82) is 0 Å². The van der Waals surface area contributed by atoms with E-state index in [1.165, 1.54) is 0 Å². The van der Waals surface area contributed by atoms with Gasteiger partial charge in [0.25, 0.3) is 0 Å². The summed E-state index contributed by atoms with van der Waals surface area (Å²) in [6.45, 7) is 0. The van der Waals surface area contributed by atoms with E-state index >= 15 is 0 Å². The Morgan fingerprint density at radius 1 is 2.00 bits per heavy atom. The zero-order chi connectivity index (χ0) is 4.28. The Hall–Kier alpha value is 0.552. The fraction of sp³-hybridized carbons (Fsp3) is 0. The fourth-order valence-electron chi connectivity index (χ4n) is 0. The summed E-state index contributed by atoms with van der Waals surface area (Å²) in [5.41, 5.74) is 0. The maximum atomic E-state index is 9.33. The molecule has 0 spiro atoms. The molecule has 0 amide bonds. The van der Waals surface area contributed by atoms with Gasteiger partial charge in [-0.3, -0.25) is 3.58 Å². The third kappa shape index (κ3) is 4.55. The SMILES string of the molecule is O=[P+](O)[O][AlH2]. The molecule has 0 radical (unpaired) electrons. The normalized spacial score (nSPS) is 11.0. The highest BCUT2D eigenvalue weighted by molar-refractivity contribution is 7.33. The first-order valence-electron chi connectivity index (χ1n) is 0.973. The third-order valence-corrected chi connectivity index (χ3v) is 1.41. The lowest BCUT2D eigenvalue weighted by Crippen LogP contribution is -1.61. The van der Waals surface area contributed by atoms with Crippen LogP contribution in [-0.4, -0.2) is 21.5 Å². The minimum atomic E-state index is -2.29. The summed E-state index contributed by atoms with van der Waals surface area (Å²) in [6.07, 6.45) is 0. The molecule has 0 rings (SSSR count). The highest BCUT2D eigenvalue weighted by atomic mass is 31.1. The van der Waals surface area contributed by atoms with Gasteiger partial charge in [-0.15, -0.1) is 4.89 Å². The van der Waals surface area contributed by atoms with Gasteiger partial charge in [-0.2, -0.15) is 0 Å². The summed E-state index contributed by atoms with van der Waals surface area (Å²) < 4.78 is 13.3. The fourth-order valence-corrected chi connectivity index (χ4v) is 0. The molecule has 0 aliphatic carbocycles. The van der Waals surface area contributed by atoms with E-state index in [4.69, 9.17) is 4.89 Å². The van der Waals surface area contributed by atoms with Crippen LogP contribution in [0.1, 0.15) is 0 Å². The lowest BCUT2D eigenvalue weighted by atomic mass is 15.8. The molecule has 1 N–H and O–H groups in total. The monoisotopic (exact) mass is 109 g/mol. The lowest BCUT2D eigenvalue weighted by Gasteiger charge is -1.57. The lowest BCUT2D eigenvalue weighted by molar-refractivity contribution is 0.424. The van der Waals surface area contributed by atoms with E-state index < -0.39 is 8.25 Å². The zero-order valence-electron chi connectivity index (χ0n) is 2.71. The molecule has 0 heterocycles. The predicted molar refractivity (Wildman–Crippen MR) is 19.5 cm³/mol. The summed E-state index contributed by atoms with van der Waals surface area (Å²) in [6, 6.07) is 0. The molecule has 0 bridgehead atoms. The van der Waals surface area contributed by atoms with Gasteiger partial charge in [0.2, 0.25) is 0 Å². The molecule has 1 atom stereocenters. The first kappa shape index (κ1) is 5.55. The van der Waals surface area contributed by atoms with Gasteiger partial charge in [-0.25, -0.2) is 0 Å². The Balaban J connectivity index is 2.85. The Morgan fingerprint density at radius 2 is 2.20 bits per heavy atom. The molecule has 5 heavy (non-hydrogen) atoms. The second-order valence-electron chi connectivity index (χ2n) is 0.420. The van der Waals surface area contributed by atoms with Crippen molar-refractivity contribution in [2.45, 2.75) is 0 Å². The topological polar surface area (TPSA) is 46.5 Å². The van der Waals surface area contributed by atoms with Crippen molar-refractivity contribution in [3.05, 3.63) is 0 Å². The summed E-state index contributed by atoms with van der Waals surface area (Å²) in [4.78, 5) is 7.68. The first-order valence-corrected chi connectivity index (χ1v) is 2.92. The van der Waals surface area contributed by atoms with Crippen molar-refractivity contribution >= 4 is 24.9 Å². The highest BCUT2D eigenvalue weighted by Crippen LogP contribution is 2.08. The summed E-state index contributed by atoms with van der Waals surface area (Å²) in [7, 11) is -2.29. The molecule has 0 aromatic rings. The van der Waals surface area contributed by atoms with Gasteiger partial charge >= 0.3 is 24.9 Å². The molecular formula is H3AlO3P+. The Morgan fingerprint density at radius 3 is 2.20 bits per heavy atom. The van der Waals surface area contributed by atoms with Crippen LogP contribution in [0.5, 0.6) is 0 Å². The highest BCUT2D eigenvalue weighted by Gasteiger charge is 2.00. The average molecular weight is 109 g/mol. The standard InChI is InChI=1S/Al.HO3P.2H/c;1-4(2)3;;/h;(H,1,2,3);;/q+1;;;. The van der Waals surface area contributed by atoms with Crippen LogP contribution in [0.15, 0.2) is 0 Å². The van der Waals surface area contributed by atoms with Gasteiger partial charge in [-0.05, 0) is 0 Å². The van der Waals surface area contributed by atoms with E-state index in [-0.39, 0.29) is 0 Å². The van der Waals surface area contributed by atoms with Crippen LogP contribution in [0.4, 0.5) is 0 Å². The van der Waals surface area contributed by atoms with Gasteiger partial charge in [0.05, 0.1) is 0 Å². The van der Waals surface area contributed by atoms with Gasteiger partial charge in [0.1, 0.15) is 0 Å². The molecule has 0 saturated heterocycles. The molecule has 28 valence electrons. The molecular weight excluding hydrogens is 106 g/mol. The molecule has 0 aliphatic rings. The van der Waals surface area contributed by atoms with E-state index in [0.29, 0.717) is 16.6 Å². The third-order valence-electron chi connectivity index (χ3n) is 0.156. The van der Waals surface area contributed by atoms with Crippen LogP contribution < -0.4 is 0 Å². The average Bonchev–Trinajstić information content (AvgIpc) is 1.38. The van der Waals surface area contributed by atoms with E-state index in [2.05, 4.69) is 3.58 Å². The van der Waals surface area contributed by atoms with Crippen molar-refractivity contribution in [3.8, 4) is 0 Å². The van der Waals surface area contributed by atoms with Crippen molar-refractivity contribution in [3.63, 3.8) is 0 Å². The van der Waals surface area contributed by atoms with Crippen LogP contribution in [0, 0.1) is 0 Å². The van der Waals surface area contributed by atoms with E-state index in [0.717, 1.165) is 0 Å². The van der Waals surface area contributed by atoms with Crippen LogP contribution in [0.2, 0.25) is 0 Å². The molecule has 0 aromatic heterocycles. The molecule has 0 fully saturated rings. The minimum absolute atomic E-state index is 0.340. The van der Waals surface area contributed by atoms with Gasteiger partial charge in [-0.1, -0.05) is 0 Å². The van der Waals surface area contributed by atoms with Crippen molar-refractivity contribution in [2.24, 2.45) is 0 Å². The van der Waals surface area contributed by atoms with Crippen molar-refractivity contribution in [1.82, 2.24) is 0 Å². The quantitative estimate of drug-likeness (QED) is 0.354. The van der Waals surface area contributed by atoms with E-state index in [1.807, 2.05) is 0 Å². The van der Waals surface area contributed by atoms with Crippen molar-refractivity contribution < 1.29 is 13.0 Å². The van der Waals surface area contributed by atoms with Gasteiger partial charge in [0.15, 0.2) is 0 Å². The molecule has 0 aliphatic heterocycles. The first-order chi connectivity index (χ1) is 2.27. The smallest absolute Gasteiger partial charge is 0.278 e. The Kier molecular flexibility index (Phi) is 3.08. The summed E-state index contributed by atoms with van der Waals surface area (Å²) >= 11 is 0.340. The predicted octanol–water partition coefficient (Wildman–Crippen LogP) is -0.799. The molecule has 0 saturated carbocycles. The number of hydrogen-bond acceptors (Lipinski definition) is 2. The summed E-state index contributed by atoms with van der Waals surface area (Å²) in [5.74, 6) is 0. The number of hydrogen-bond donors (Lipinski definition) is 1. The van der Waals surface area contributed by atoms with E-state index in [9.17, 15) is 4.57 Å². The largest absolute Gasteiger partial charge is 0.661 e. The zero-order valence-corrected chi connectivity index (χ0v) is 5.61. The van der Waals surface area contributed by atoms with E-state index in [1.54, 1.807) is 0 Å². The van der Waals surface area contributed by atoms with Crippen LogP contribution in [-0.2, 0) is 8.14 Å². The van der Waals surface area contributed by atoms with Crippen LogP contribution >= 0.6 is 8.25 Å². The van der Waals surface area contributed by atoms with Crippen molar-refractivity contribution in [2.75, 3.05) is 0 Å². The molecule has 5 heteroatoms. The maximum Gasteiger partial charge on any atom is 0.661 e. The number of rotatable bonds is 1. The Bertz CT molecular complexity index is 42.2. The van der Waals surface area contributed by atoms with Crippen LogP contribution in [0.3, 0.4) is 0 Å². The molecule has 0 aromatic carbocycles. The molecule has 3 nitrogen and oxygen atoms in total. The maximum absolute atomic E-state index is 9.33. The van der Waals surface area contributed by atoms with Gasteiger partial charge < -0.3 is 0 Å². The second kappa shape index (κ2) is 2.77. The Labute approximate surface area is 38.7 Å². The van der Waals surface area contributed by atoms with Crippen LogP contribution in [0.25, 0.3) is 0 Å². The summed E-state index contributed by atoms with van der Waals surface area (Å²) in [5, 5.41) is 0. The minimum Gasteiger partial charge on any atom is -0.278 e.